The van der Waals surface area contributed by atoms with Crippen molar-refractivity contribution in [3.8, 4) is 17.2 Å². The SMILES string of the molecule is CCOc1cc(C(=O)Nc2ccc(CN)cc2)cc(OCC)c1OCC. The van der Waals surface area contributed by atoms with Gasteiger partial charge in [0, 0.05) is 17.8 Å². The maximum Gasteiger partial charge on any atom is 0.255 e. The van der Waals surface area contributed by atoms with Crippen LogP contribution in [-0.2, 0) is 6.54 Å². The van der Waals surface area contributed by atoms with Crippen molar-refractivity contribution in [1.82, 2.24) is 0 Å². The molecule has 6 heteroatoms. The Balaban J connectivity index is 2.32. The quantitative estimate of drug-likeness (QED) is 0.716. The molecule has 0 aliphatic carbocycles. The first-order chi connectivity index (χ1) is 12.6. The first kappa shape index (κ1) is 19.6. The van der Waals surface area contributed by atoms with E-state index >= 15 is 0 Å². The molecule has 1 amide bonds. The van der Waals surface area contributed by atoms with Crippen molar-refractivity contribution in [2.45, 2.75) is 27.3 Å². The van der Waals surface area contributed by atoms with E-state index in [2.05, 4.69) is 5.32 Å². The van der Waals surface area contributed by atoms with E-state index in [-0.39, 0.29) is 5.91 Å². The Kier molecular flexibility index (Phi) is 7.29. The smallest absolute Gasteiger partial charge is 0.255 e. The van der Waals surface area contributed by atoms with Crippen molar-refractivity contribution in [3.63, 3.8) is 0 Å². The topological polar surface area (TPSA) is 82.8 Å². The fourth-order valence-corrected chi connectivity index (χ4v) is 2.45. The summed E-state index contributed by atoms with van der Waals surface area (Å²) in [4.78, 5) is 12.7. The summed E-state index contributed by atoms with van der Waals surface area (Å²) in [5.41, 5.74) is 7.72. The summed E-state index contributed by atoms with van der Waals surface area (Å²) in [6.45, 7) is 7.48. The van der Waals surface area contributed by atoms with Gasteiger partial charge in [0.1, 0.15) is 0 Å². The molecule has 0 fully saturated rings. The molecule has 0 unspecified atom stereocenters. The third kappa shape index (κ3) is 4.89. The molecule has 0 atom stereocenters. The molecule has 0 aliphatic heterocycles. The largest absolute Gasteiger partial charge is 0.490 e. The van der Waals surface area contributed by atoms with Crippen LogP contribution in [0.2, 0.25) is 0 Å². The zero-order valence-electron chi connectivity index (χ0n) is 15.5. The van der Waals surface area contributed by atoms with Gasteiger partial charge in [0.2, 0.25) is 5.75 Å². The lowest BCUT2D eigenvalue weighted by atomic mass is 10.1. The lowest BCUT2D eigenvalue weighted by Crippen LogP contribution is -2.13. The molecule has 2 rings (SSSR count). The van der Waals surface area contributed by atoms with Gasteiger partial charge in [-0.1, -0.05) is 12.1 Å². The Morgan fingerprint density at radius 1 is 0.923 bits per heavy atom. The van der Waals surface area contributed by atoms with Crippen LogP contribution in [0.15, 0.2) is 36.4 Å². The molecule has 0 spiro atoms. The second kappa shape index (κ2) is 9.68. The number of benzene rings is 2. The Morgan fingerprint density at radius 3 is 1.92 bits per heavy atom. The number of carbonyl (C=O) groups excluding carboxylic acids is 1. The van der Waals surface area contributed by atoms with E-state index in [0.29, 0.717) is 54.9 Å². The second-order valence-electron chi connectivity index (χ2n) is 5.46. The molecular weight excluding hydrogens is 332 g/mol. The minimum atomic E-state index is -0.254. The molecule has 0 heterocycles. The van der Waals surface area contributed by atoms with Crippen molar-refractivity contribution in [3.05, 3.63) is 47.5 Å². The number of hydrogen-bond donors (Lipinski definition) is 2. The lowest BCUT2D eigenvalue weighted by Gasteiger charge is -2.17. The highest BCUT2D eigenvalue weighted by atomic mass is 16.5. The number of nitrogens with one attached hydrogen (secondary N) is 1. The maximum absolute atomic E-state index is 12.7. The highest BCUT2D eigenvalue weighted by Crippen LogP contribution is 2.39. The summed E-state index contributed by atoms with van der Waals surface area (Å²) in [6.07, 6.45) is 0. The monoisotopic (exact) mass is 358 g/mol. The van der Waals surface area contributed by atoms with Crippen molar-refractivity contribution in [2.75, 3.05) is 25.1 Å². The van der Waals surface area contributed by atoms with E-state index in [9.17, 15) is 4.79 Å². The van der Waals surface area contributed by atoms with E-state index in [0.717, 1.165) is 5.56 Å². The number of amides is 1. The zero-order valence-corrected chi connectivity index (χ0v) is 15.5. The van der Waals surface area contributed by atoms with Crippen molar-refractivity contribution in [1.29, 1.82) is 0 Å². The van der Waals surface area contributed by atoms with Crippen LogP contribution >= 0.6 is 0 Å². The first-order valence-electron chi connectivity index (χ1n) is 8.79. The Labute approximate surface area is 154 Å². The normalized spacial score (nSPS) is 10.3. The molecule has 2 aromatic rings. The third-order valence-electron chi connectivity index (χ3n) is 3.62. The molecule has 2 aromatic carbocycles. The first-order valence-corrected chi connectivity index (χ1v) is 8.79. The van der Waals surface area contributed by atoms with E-state index < -0.39 is 0 Å². The summed E-state index contributed by atoms with van der Waals surface area (Å²) in [5.74, 6) is 1.24. The third-order valence-corrected chi connectivity index (χ3v) is 3.62. The molecule has 0 aromatic heterocycles. The number of carbonyl (C=O) groups is 1. The van der Waals surface area contributed by atoms with Gasteiger partial charge in [0.15, 0.2) is 11.5 Å². The fourth-order valence-electron chi connectivity index (χ4n) is 2.45. The van der Waals surface area contributed by atoms with Crippen LogP contribution in [0.4, 0.5) is 5.69 Å². The van der Waals surface area contributed by atoms with Gasteiger partial charge in [0.25, 0.3) is 5.91 Å². The number of hydrogen-bond acceptors (Lipinski definition) is 5. The average Bonchev–Trinajstić information content (AvgIpc) is 2.65. The number of anilines is 1. The standard InChI is InChI=1S/C20H26N2O4/c1-4-24-17-11-15(12-18(25-5-2)19(17)26-6-3)20(23)22-16-9-7-14(13-21)8-10-16/h7-12H,4-6,13,21H2,1-3H3,(H,22,23). The average molecular weight is 358 g/mol. The molecule has 0 radical (unpaired) electrons. The molecule has 26 heavy (non-hydrogen) atoms. The van der Waals surface area contributed by atoms with Crippen LogP contribution in [0, 0.1) is 0 Å². The van der Waals surface area contributed by atoms with Crippen LogP contribution in [0.25, 0.3) is 0 Å². The molecule has 0 saturated heterocycles. The minimum Gasteiger partial charge on any atom is -0.490 e. The summed E-state index contributed by atoms with van der Waals surface area (Å²) in [6, 6.07) is 10.7. The molecule has 0 bridgehead atoms. The van der Waals surface area contributed by atoms with Crippen LogP contribution in [0.3, 0.4) is 0 Å². The van der Waals surface area contributed by atoms with Gasteiger partial charge in [-0.25, -0.2) is 0 Å². The fraction of sp³-hybridized carbons (Fsp3) is 0.350. The molecule has 140 valence electrons. The van der Waals surface area contributed by atoms with Gasteiger partial charge in [-0.05, 0) is 50.6 Å². The molecule has 3 N–H and O–H groups in total. The minimum absolute atomic E-state index is 0.254. The summed E-state index contributed by atoms with van der Waals surface area (Å²) in [5, 5.41) is 2.87. The van der Waals surface area contributed by atoms with E-state index in [4.69, 9.17) is 19.9 Å². The van der Waals surface area contributed by atoms with Crippen LogP contribution in [0.1, 0.15) is 36.7 Å². The summed E-state index contributed by atoms with van der Waals surface area (Å²) >= 11 is 0. The van der Waals surface area contributed by atoms with Gasteiger partial charge in [-0.3, -0.25) is 4.79 Å². The number of ether oxygens (including phenoxy) is 3. The predicted octanol–water partition coefficient (Wildman–Crippen LogP) is 3.59. The summed E-state index contributed by atoms with van der Waals surface area (Å²) in [7, 11) is 0. The van der Waals surface area contributed by atoms with Gasteiger partial charge in [0.05, 0.1) is 19.8 Å². The van der Waals surface area contributed by atoms with Crippen LogP contribution in [0.5, 0.6) is 17.2 Å². The second-order valence-corrected chi connectivity index (χ2v) is 5.46. The maximum atomic E-state index is 12.7. The van der Waals surface area contributed by atoms with Crippen molar-refractivity contribution < 1.29 is 19.0 Å². The molecule has 6 nitrogen and oxygen atoms in total. The van der Waals surface area contributed by atoms with Gasteiger partial charge >= 0.3 is 0 Å². The lowest BCUT2D eigenvalue weighted by molar-refractivity contribution is 0.102. The van der Waals surface area contributed by atoms with E-state index in [1.807, 2.05) is 45.0 Å². The Hall–Kier alpha value is -2.73. The van der Waals surface area contributed by atoms with Crippen LogP contribution < -0.4 is 25.3 Å². The Morgan fingerprint density at radius 2 is 1.46 bits per heavy atom. The zero-order chi connectivity index (χ0) is 18.9. The Bertz CT molecular complexity index is 702. The summed E-state index contributed by atoms with van der Waals surface area (Å²) < 4.78 is 17.0. The van der Waals surface area contributed by atoms with E-state index in [1.54, 1.807) is 12.1 Å². The van der Waals surface area contributed by atoms with Gasteiger partial charge < -0.3 is 25.3 Å². The van der Waals surface area contributed by atoms with Crippen molar-refractivity contribution in [2.24, 2.45) is 5.73 Å². The van der Waals surface area contributed by atoms with E-state index in [1.165, 1.54) is 0 Å². The number of nitrogens with two attached hydrogens (primary N) is 1. The van der Waals surface area contributed by atoms with Gasteiger partial charge in [-0.2, -0.15) is 0 Å². The highest BCUT2D eigenvalue weighted by Gasteiger charge is 2.18. The predicted molar refractivity (Wildman–Crippen MR) is 102 cm³/mol. The molecular formula is C20H26N2O4. The van der Waals surface area contributed by atoms with Crippen molar-refractivity contribution >= 4 is 11.6 Å². The van der Waals surface area contributed by atoms with Gasteiger partial charge in [-0.15, -0.1) is 0 Å². The molecule has 0 saturated carbocycles. The van der Waals surface area contributed by atoms with Crippen LogP contribution in [-0.4, -0.2) is 25.7 Å². The highest BCUT2D eigenvalue weighted by molar-refractivity contribution is 6.05. The number of rotatable bonds is 9. The molecule has 0 aliphatic rings.